The Morgan fingerprint density at radius 1 is 1.21 bits per heavy atom. The number of rotatable bonds is 5. The van der Waals surface area contributed by atoms with Gasteiger partial charge in [-0.05, 0) is 46.6 Å². The van der Waals surface area contributed by atoms with Crippen molar-refractivity contribution in [3.05, 3.63) is 69.0 Å². The zero-order chi connectivity index (χ0) is 17.1. The molecule has 0 aliphatic heterocycles. The van der Waals surface area contributed by atoms with Crippen molar-refractivity contribution >= 4 is 43.6 Å². The molecule has 3 rings (SSSR count). The molecule has 0 saturated carbocycles. The molecule has 0 saturated heterocycles. The van der Waals surface area contributed by atoms with Gasteiger partial charge in [-0.25, -0.2) is 4.68 Å². The Hall–Kier alpha value is -1.86. The minimum Gasteiger partial charge on any atom is -0.343 e. The second kappa shape index (κ2) is 7.36. The molecule has 1 N–H and O–H groups in total. The van der Waals surface area contributed by atoms with E-state index in [1.165, 1.54) is 0 Å². The monoisotopic (exact) mass is 450 g/mol. The van der Waals surface area contributed by atoms with Gasteiger partial charge in [0, 0.05) is 27.8 Å². The number of nitrogens with one attached hydrogen (secondary N) is 1. The van der Waals surface area contributed by atoms with Crippen LogP contribution in [0.2, 0.25) is 0 Å². The average molecular weight is 452 g/mol. The van der Waals surface area contributed by atoms with E-state index in [9.17, 15) is 4.79 Å². The number of aryl methyl sites for hydroxylation is 1. The van der Waals surface area contributed by atoms with Gasteiger partial charge in [-0.2, -0.15) is 5.10 Å². The lowest BCUT2D eigenvalue weighted by molar-refractivity contribution is 0.101. The van der Waals surface area contributed by atoms with Gasteiger partial charge in [0.05, 0.1) is 12.7 Å². The molecule has 0 spiro atoms. The number of hydrogen-bond acceptors (Lipinski definition) is 2. The number of carbonyl (C=O) groups excluding carboxylic acids is 1. The summed E-state index contributed by atoms with van der Waals surface area (Å²) in [6.45, 7) is 3.31. The molecule has 0 aliphatic carbocycles. The fourth-order valence-corrected chi connectivity index (χ4v) is 3.39. The molecule has 0 radical (unpaired) electrons. The maximum atomic E-state index is 12.6. The Kier molecular flexibility index (Phi) is 5.20. The minimum atomic E-state index is -0.154. The van der Waals surface area contributed by atoms with Gasteiger partial charge < -0.3 is 9.88 Å². The third-order valence-electron chi connectivity index (χ3n) is 3.62. The summed E-state index contributed by atoms with van der Waals surface area (Å²) in [5.74, 6) is 0.512. The predicted octanol–water partition coefficient (Wildman–Crippen LogP) is 4.53. The molecule has 7 heteroatoms. The number of carbonyl (C=O) groups is 1. The SMILES string of the molecule is CCn1cc(Br)cc1C(=O)Nc1ccnn1Cc1cccc(Br)c1. The summed E-state index contributed by atoms with van der Waals surface area (Å²) in [6, 6.07) is 11.6. The van der Waals surface area contributed by atoms with Crippen molar-refractivity contribution in [2.24, 2.45) is 0 Å². The molecule has 0 fully saturated rings. The number of amides is 1. The van der Waals surface area contributed by atoms with E-state index in [0.717, 1.165) is 21.1 Å². The Morgan fingerprint density at radius 3 is 2.79 bits per heavy atom. The Balaban J connectivity index is 1.79. The van der Waals surface area contributed by atoms with Gasteiger partial charge in [-0.3, -0.25) is 4.79 Å². The standard InChI is InChI=1S/C17H16Br2N4O/c1-2-22-11-14(19)9-15(22)17(24)21-16-6-7-20-23(16)10-12-4-3-5-13(18)8-12/h3-9,11H,2,10H2,1H3,(H,21,24). The van der Waals surface area contributed by atoms with E-state index in [1.54, 1.807) is 16.9 Å². The van der Waals surface area contributed by atoms with E-state index >= 15 is 0 Å². The number of nitrogens with zero attached hydrogens (tertiary/aromatic N) is 3. The molecule has 0 bridgehead atoms. The summed E-state index contributed by atoms with van der Waals surface area (Å²) in [7, 11) is 0. The smallest absolute Gasteiger partial charge is 0.273 e. The van der Waals surface area contributed by atoms with E-state index in [0.29, 0.717) is 18.1 Å². The van der Waals surface area contributed by atoms with Crippen molar-refractivity contribution in [2.45, 2.75) is 20.0 Å². The zero-order valence-corrected chi connectivity index (χ0v) is 16.2. The van der Waals surface area contributed by atoms with Gasteiger partial charge in [-0.1, -0.05) is 28.1 Å². The quantitative estimate of drug-likeness (QED) is 0.619. The van der Waals surface area contributed by atoms with Crippen molar-refractivity contribution in [3.8, 4) is 0 Å². The largest absolute Gasteiger partial charge is 0.343 e. The third-order valence-corrected chi connectivity index (χ3v) is 4.54. The highest BCUT2D eigenvalue weighted by Crippen LogP contribution is 2.18. The van der Waals surface area contributed by atoms with Crippen molar-refractivity contribution in [3.63, 3.8) is 0 Å². The summed E-state index contributed by atoms with van der Waals surface area (Å²) < 4.78 is 5.57. The highest BCUT2D eigenvalue weighted by Gasteiger charge is 2.14. The molecule has 2 heterocycles. The number of halogens is 2. The van der Waals surface area contributed by atoms with Crippen LogP contribution in [0, 0.1) is 0 Å². The van der Waals surface area contributed by atoms with E-state index < -0.39 is 0 Å². The van der Waals surface area contributed by atoms with Crippen molar-refractivity contribution in [2.75, 3.05) is 5.32 Å². The van der Waals surface area contributed by atoms with Gasteiger partial charge in [0.1, 0.15) is 11.5 Å². The molecule has 1 aromatic carbocycles. The van der Waals surface area contributed by atoms with Crippen LogP contribution in [0.1, 0.15) is 23.0 Å². The molecule has 5 nitrogen and oxygen atoms in total. The molecule has 0 atom stereocenters. The maximum absolute atomic E-state index is 12.6. The zero-order valence-electron chi connectivity index (χ0n) is 13.0. The highest BCUT2D eigenvalue weighted by atomic mass is 79.9. The predicted molar refractivity (Wildman–Crippen MR) is 101 cm³/mol. The molecule has 1 amide bonds. The molecule has 0 unspecified atom stereocenters. The third kappa shape index (κ3) is 3.79. The first-order chi connectivity index (χ1) is 11.6. The van der Waals surface area contributed by atoms with Gasteiger partial charge in [0.15, 0.2) is 0 Å². The first-order valence-corrected chi connectivity index (χ1v) is 9.08. The van der Waals surface area contributed by atoms with Crippen LogP contribution in [0.4, 0.5) is 5.82 Å². The van der Waals surface area contributed by atoms with Gasteiger partial charge in [0.2, 0.25) is 0 Å². The van der Waals surface area contributed by atoms with Crippen molar-refractivity contribution < 1.29 is 4.79 Å². The van der Waals surface area contributed by atoms with Crippen molar-refractivity contribution in [1.29, 1.82) is 0 Å². The number of hydrogen-bond donors (Lipinski definition) is 1. The van der Waals surface area contributed by atoms with E-state index in [-0.39, 0.29) is 5.91 Å². The molecular weight excluding hydrogens is 436 g/mol. The van der Waals surface area contributed by atoms with Crippen LogP contribution in [-0.2, 0) is 13.1 Å². The van der Waals surface area contributed by atoms with Crippen LogP contribution in [0.15, 0.2) is 57.7 Å². The average Bonchev–Trinajstić information content (AvgIpc) is 3.14. The lowest BCUT2D eigenvalue weighted by Gasteiger charge is -2.10. The summed E-state index contributed by atoms with van der Waals surface area (Å²) in [5.41, 5.74) is 1.71. The highest BCUT2D eigenvalue weighted by molar-refractivity contribution is 9.10. The number of benzene rings is 1. The lowest BCUT2D eigenvalue weighted by atomic mass is 10.2. The van der Waals surface area contributed by atoms with Gasteiger partial charge in [-0.15, -0.1) is 0 Å². The second-order valence-corrected chi connectivity index (χ2v) is 7.12. The topological polar surface area (TPSA) is 51.9 Å². The summed E-state index contributed by atoms with van der Waals surface area (Å²) in [5, 5.41) is 7.24. The van der Waals surface area contributed by atoms with Crippen LogP contribution in [0.5, 0.6) is 0 Å². The molecule has 0 aliphatic rings. The molecular formula is C17H16Br2N4O. The van der Waals surface area contributed by atoms with Crippen LogP contribution in [0.3, 0.4) is 0 Å². The Bertz CT molecular complexity index is 869. The number of aromatic nitrogens is 3. The molecule has 2 aromatic heterocycles. The summed E-state index contributed by atoms with van der Waals surface area (Å²) in [6.07, 6.45) is 3.58. The Labute approximate surface area is 156 Å². The first kappa shape index (κ1) is 17.0. The molecule has 24 heavy (non-hydrogen) atoms. The fraction of sp³-hybridized carbons (Fsp3) is 0.176. The van der Waals surface area contributed by atoms with Gasteiger partial charge >= 0.3 is 0 Å². The van der Waals surface area contributed by atoms with E-state index in [2.05, 4.69) is 42.3 Å². The second-order valence-electron chi connectivity index (χ2n) is 5.29. The summed E-state index contributed by atoms with van der Waals surface area (Å²) >= 11 is 6.88. The minimum absolute atomic E-state index is 0.154. The van der Waals surface area contributed by atoms with Crippen LogP contribution >= 0.6 is 31.9 Å². The Morgan fingerprint density at radius 2 is 2.04 bits per heavy atom. The molecule has 124 valence electrons. The van der Waals surface area contributed by atoms with Crippen LogP contribution in [0.25, 0.3) is 0 Å². The van der Waals surface area contributed by atoms with E-state index in [1.807, 2.05) is 48.0 Å². The van der Waals surface area contributed by atoms with Crippen molar-refractivity contribution in [1.82, 2.24) is 14.3 Å². The van der Waals surface area contributed by atoms with Gasteiger partial charge in [0.25, 0.3) is 5.91 Å². The van der Waals surface area contributed by atoms with E-state index in [4.69, 9.17) is 0 Å². The van der Waals surface area contributed by atoms with Crippen LogP contribution < -0.4 is 5.32 Å². The first-order valence-electron chi connectivity index (χ1n) is 7.50. The summed E-state index contributed by atoms with van der Waals surface area (Å²) in [4.78, 5) is 12.6. The normalized spacial score (nSPS) is 10.8. The lowest BCUT2D eigenvalue weighted by Crippen LogP contribution is -2.19. The van der Waals surface area contributed by atoms with Crippen LogP contribution in [-0.4, -0.2) is 20.3 Å². The maximum Gasteiger partial charge on any atom is 0.273 e. The number of anilines is 1. The fourth-order valence-electron chi connectivity index (χ4n) is 2.48. The molecule has 3 aromatic rings.